The molecule has 1 heterocycles. The molecule has 5 nitrogen and oxygen atoms in total. The van der Waals surface area contributed by atoms with Crippen molar-refractivity contribution < 1.29 is 18.6 Å². The van der Waals surface area contributed by atoms with Gasteiger partial charge in [-0.15, -0.1) is 0 Å². The van der Waals surface area contributed by atoms with Crippen LogP contribution >= 0.6 is 0 Å². The van der Waals surface area contributed by atoms with Gasteiger partial charge in [0.1, 0.15) is 17.9 Å². The maximum Gasteiger partial charge on any atom is 0.383 e. The zero-order valence-electron chi connectivity index (χ0n) is 20.9. The van der Waals surface area contributed by atoms with E-state index in [0.717, 1.165) is 25.7 Å². The van der Waals surface area contributed by atoms with Crippen molar-refractivity contribution in [1.82, 2.24) is 0 Å². The van der Waals surface area contributed by atoms with Crippen molar-refractivity contribution in [1.29, 1.82) is 0 Å². The Hall–Kier alpha value is -2.95. The van der Waals surface area contributed by atoms with Crippen LogP contribution < -0.4 is 19.8 Å². The Balaban J connectivity index is 2.28. The molecule has 0 saturated carbocycles. The fourth-order valence-electron chi connectivity index (χ4n) is 3.22. The molecule has 2 rings (SSSR count). The number of allylic oxidation sites excluding steroid dienone is 4. The first kappa shape index (κ1) is 26.3. The lowest BCUT2D eigenvalue weighted by atomic mass is 10.1. The second kappa shape index (κ2) is 13.6. The summed E-state index contributed by atoms with van der Waals surface area (Å²) in [5.41, 5.74) is 2.38. The summed E-state index contributed by atoms with van der Waals surface area (Å²) in [7, 11) is 0. The van der Waals surface area contributed by atoms with Gasteiger partial charge in [0.15, 0.2) is 5.75 Å². The quantitative estimate of drug-likeness (QED) is 0.179. The predicted octanol–water partition coefficient (Wildman–Crippen LogP) is 7.39. The molecule has 180 valence electrons. The van der Waals surface area contributed by atoms with Crippen LogP contribution in [0.3, 0.4) is 0 Å². The van der Waals surface area contributed by atoms with Crippen LogP contribution in [0, 0.1) is 0 Å². The Bertz CT molecular complexity index is 1040. The van der Waals surface area contributed by atoms with Crippen LogP contribution in [0.5, 0.6) is 17.2 Å². The van der Waals surface area contributed by atoms with Crippen LogP contribution in [0.4, 0.5) is 0 Å². The zero-order chi connectivity index (χ0) is 24.2. The highest BCUT2D eigenvalue weighted by atomic mass is 16.5. The molecule has 0 N–H and O–H groups in total. The van der Waals surface area contributed by atoms with Crippen molar-refractivity contribution in [2.24, 2.45) is 0 Å². The summed E-state index contributed by atoms with van der Waals surface area (Å²) in [5.74, 6) is 1.16. The highest BCUT2D eigenvalue weighted by molar-refractivity contribution is 5.86. The minimum atomic E-state index is -0.557. The van der Waals surface area contributed by atoms with Gasteiger partial charge in [0, 0.05) is 6.07 Å². The number of hydrogen-bond acceptors (Lipinski definition) is 5. The first-order valence-electron chi connectivity index (χ1n) is 11.8. The van der Waals surface area contributed by atoms with Gasteiger partial charge < -0.3 is 18.6 Å². The molecule has 0 unspecified atom stereocenters. The van der Waals surface area contributed by atoms with Gasteiger partial charge in [0.05, 0.1) is 18.1 Å². The van der Waals surface area contributed by atoms with Gasteiger partial charge in [-0.1, -0.05) is 36.3 Å². The fraction of sp³-hybridized carbons (Fsp3) is 0.464. The van der Waals surface area contributed by atoms with E-state index in [1.807, 2.05) is 32.1 Å². The van der Waals surface area contributed by atoms with E-state index in [0.29, 0.717) is 29.1 Å². The lowest BCUT2D eigenvalue weighted by molar-refractivity contribution is 0.242. The second-order valence-electron chi connectivity index (χ2n) is 8.57. The van der Waals surface area contributed by atoms with Crippen LogP contribution in [-0.2, 0) is 0 Å². The maximum absolute atomic E-state index is 12.8. The molecule has 0 aliphatic carbocycles. The van der Waals surface area contributed by atoms with Crippen molar-refractivity contribution >= 4 is 11.0 Å². The van der Waals surface area contributed by atoms with Gasteiger partial charge in [-0.05, 0) is 78.5 Å². The van der Waals surface area contributed by atoms with Gasteiger partial charge >= 0.3 is 5.63 Å². The van der Waals surface area contributed by atoms with Crippen LogP contribution in [0.2, 0.25) is 0 Å². The summed E-state index contributed by atoms with van der Waals surface area (Å²) in [5, 5.41) is 0.685. The molecule has 0 aliphatic heterocycles. The second-order valence-corrected chi connectivity index (χ2v) is 8.57. The van der Waals surface area contributed by atoms with Crippen molar-refractivity contribution in [2.45, 2.75) is 73.3 Å². The summed E-state index contributed by atoms with van der Waals surface area (Å²) in [4.78, 5) is 12.8. The highest BCUT2D eigenvalue weighted by Crippen LogP contribution is 2.35. The van der Waals surface area contributed by atoms with Crippen LogP contribution in [0.25, 0.3) is 11.0 Å². The zero-order valence-corrected chi connectivity index (χ0v) is 20.9. The number of fused-ring (bicyclic) bond motifs is 1. The van der Waals surface area contributed by atoms with Crippen LogP contribution in [0.15, 0.2) is 62.9 Å². The molecular weight excluding hydrogens is 416 g/mol. The van der Waals surface area contributed by atoms with Crippen LogP contribution in [0.1, 0.15) is 67.2 Å². The first-order chi connectivity index (χ1) is 15.8. The molecule has 0 fully saturated rings. The van der Waals surface area contributed by atoms with Crippen molar-refractivity contribution in [3.8, 4) is 17.2 Å². The van der Waals surface area contributed by atoms with Gasteiger partial charge in [-0.3, -0.25) is 0 Å². The molecular formula is C28H38O5. The molecule has 0 saturated heterocycles. The topological polar surface area (TPSA) is 57.9 Å². The van der Waals surface area contributed by atoms with E-state index >= 15 is 0 Å². The number of hydrogen-bond donors (Lipinski definition) is 0. The molecule has 0 radical (unpaired) electrons. The summed E-state index contributed by atoms with van der Waals surface area (Å²) in [6, 6.07) is 5.42. The van der Waals surface area contributed by atoms with E-state index in [1.54, 1.807) is 6.07 Å². The van der Waals surface area contributed by atoms with E-state index in [9.17, 15) is 4.79 Å². The van der Waals surface area contributed by atoms with E-state index in [2.05, 4.69) is 45.9 Å². The molecule has 1 aromatic heterocycles. The third kappa shape index (κ3) is 8.83. The van der Waals surface area contributed by atoms with Gasteiger partial charge in [0.2, 0.25) is 5.75 Å². The largest absolute Gasteiger partial charge is 0.491 e. The molecule has 0 aliphatic rings. The summed E-state index contributed by atoms with van der Waals surface area (Å²) in [6.45, 7) is 13.0. The average Bonchev–Trinajstić information content (AvgIpc) is 2.74. The summed E-state index contributed by atoms with van der Waals surface area (Å²) < 4.78 is 23.2. The van der Waals surface area contributed by atoms with E-state index in [4.69, 9.17) is 18.6 Å². The summed E-state index contributed by atoms with van der Waals surface area (Å²) in [6.07, 6.45) is 12.1. The average molecular weight is 455 g/mol. The normalized spacial score (nSPS) is 11.9. The number of rotatable bonds is 13. The Kier molecular flexibility index (Phi) is 10.8. The van der Waals surface area contributed by atoms with E-state index in [-0.39, 0.29) is 18.5 Å². The van der Waals surface area contributed by atoms with Crippen molar-refractivity contribution in [3.05, 3.63) is 64.1 Å². The number of ether oxygens (including phenoxy) is 3. The summed E-state index contributed by atoms with van der Waals surface area (Å²) >= 11 is 0. The first-order valence-corrected chi connectivity index (χ1v) is 11.8. The molecule has 0 atom stereocenters. The molecule has 0 spiro atoms. The van der Waals surface area contributed by atoms with E-state index in [1.165, 1.54) is 11.1 Å². The fourth-order valence-corrected chi connectivity index (χ4v) is 3.22. The molecule has 0 amide bonds. The van der Waals surface area contributed by atoms with Crippen LogP contribution in [-0.4, -0.2) is 19.3 Å². The lowest BCUT2D eigenvalue weighted by Gasteiger charge is -2.14. The predicted molar refractivity (Wildman–Crippen MR) is 136 cm³/mol. The van der Waals surface area contributed by atoms with Gasteiger partial charge in [0.25, 0.3) is 0 Å². The Labute approximate surface area is 197 Å². The van der Waals surface area contributed by atoms with Gasteiger partial charge in [-0.2, -0.15) is 0 Å². The Morgan fingerprint density at radius 1 is 1.03 bits per heavy atom. The molecule has 33 heavy (non-hydrogen) atoms. The maximum atomic E-state index is 12.8. The molecule has 1 aromatic carbocycles. The monoisotopic (exact) mass is 454 g/mol. The van der Waals surface area contributed by atoms with Crippen molar-refractivity contribution in [2.75, 3.05) is 13.2 Å². The van der Waals surface area contributed by atoms with Crippen molar-refractivity contribution in [3.63, 3.8) is 0 Å². The smallest absolute Gasteiger partial charge is 0.383 e. The Morgan fingerprint density at radius 3 is 2.52 bits per heavy atom. The molecule has 0 bridgehead atoms. The third-order valence-electron chi connectivity index (χ3n) is 4.85. The minimum Gasteiger partial charge on any atom is -0.491 e. The lowest BCUT2D eigenvalue weighted by Crippen LogP contribution is -2.11. The molecule has 2 aromatic rings. The molecule has 5 heteroatoms. The highest BCUT2D eigenvalue weighted by Gasteiger charge is 2.18. The minimum absolute atomic E-state index is 0.0182. The number of benzene rings is 1. The standard InChI is InChI=1S/C28H38O5/c1-7-8-9-10-17-30-26-24-15-14-23(32-21(4)5)19-25(24)33-28(29)27(26)31-18-16-22(6)13-11-12-20(2)3/h8-9,12,14-16,19,21H,7,10-11,13,17-18H2,1-6H3/b9-8+,22-16+. The third-order valence-corrected chi connectivity index (χ3v) is 4.85. The van der Waals surface area contributed by atoms with Gasteiger partial charge in [-0.25, -0.2) is 4.79 Å². The van der Waals surface area contributed by atoms with E-state index < -0.39 is 5.63 Å². The Morgan fingerprint density at radius 2 is 1.82 bits per heavy atom. The SMILES string of the molecule is CC/C=C/CCOc1c(OC/C=C(\C)CCC=C(C)C)c(=O)oc2cc(OC(C)C)ccc12.